The van der Waals surface area contributed by atoms with Crippen LogP contribution < -0.4 is 16.4 Å². The number of aromatic nitrogens is 1. The van der Waals surface area contributed by atoms with E-state index in [2.05, 4.69) is 15.6 Å². The van der Waals surface area contributed by atoms with Crippen molar-refractivity contribution in [1.29, 1.82) is 5.41 Å². The van der Waals surface area contributed by atoms with Gasteiger partial charge in [-0.25, -0.2) is 9.37 Å². The van der Waals surface area contributed by atoms with Gasteiger partial charge in [-0.15, -0.1) is 0 Å². The van der Waals surface area contributed by atoms with Gasteiger partial charge < -0.3 is 16.4 Å². The Morgan fingerprint density at radius 1 is 1.26 bits per heavy atom. The van der Waals surface area contributed by atoms with Crippen LogP contribution in [0, 0.1) is 17.1 Å². The zero-order valence-electron chi connectivity index (χ0n) is 14.7. The van der Waals surface area contributed by atoms with Crippen molar-refractivity contribution in [2.75, 3.05) is 5.32 Å². The molecule has 5 nitrogen and oxygen atoms in total. The van der Waals surface area contributed by atoms with Crippen molar-refractivity contribution < 1.29 is 17.6 Å². The molecule has 0 bridgehead atoms. The molecule has 1 aliphatic heterocycles. The second kappa shape index (κ2) is 6.40. The maximum Gasteiger partial charge on any atom is 0.404 e. The third kappa shape index (κ3) is 2.87. The number of rotatable bonds is 3. The summed E-state index contributed by atoms with van der Waals surface area (Å²) in [5, 5.41) is 12.8. The van der Waals surface area contributed by atoms with Crippen molar-refractivity contribution in [2.45, 2.75) is 31.5 Å². The number of nitrogens with zero attached hydrogens (tertiary/aromatic N) is 1. The van der Waals surface area contributed by atoms with Gasteiger partial charge in [-0.2, -0.15) is 13.2 Å². The number of halogens is 4. The second-order valence-corrected chi connectivity index (χ2v) is 6.80. The number of guanidine groups is 1. The largest absolute Gasteiger partial charge is 0.404 e. The van der Waals surface area contributed by atoms with Crippen LogP contribution in [0.4, 0.5) is 29.1 Å². The van der Waals surface area contributed by atoms with E-state index in [1.807, 2.05) is 0 Å². The molecule has 2 heterocycles. The summed E-state index contributed by atoms with van der Waals surface area (Å²) >= 11 is 0. The predicted octanol–water partition coefficient (Wildman–Crippen LogP) is 3.63. The van der Waals surface area contributed by atoms with E-state index in [1.165, 1.54) is 24.4 Å². The van der Waals surface area contributed by atoms with E-state index in [-0.39, 0.29) is 22.6 Å². The Kier molecular flexibility index (Phi) is 4.49. The van der Waals surface area contributed by atoms with Gasteiger partial charge >= 0.3 is 6.18 Å². The fourth-order valence-electron chi connectivity index (χ4n) is 3.81. The first-order valence-electron chi connectivity index (χ1n) is 8.29. The molecule has 0 spiro atoms. The smallest absolute Gasteiger partial charge is 0.370 e. The number of alkyl halides is 3. The highest BCUT2D eigenvalue weighted by Gasteiger charge is 2.65. The van der Waals surface area contributed by atoms with Crippen molar-refractivity contribution in [1.82, 2.24) is 10.3 Å². The number of hydrogen-bond donors (Lipinski definition) is 4. The molecule has 2 unspecified atom stereocenters. The van der Waals surface area contributed by atoms with Crippen molar-refractivity contribution >= 4 is 17.5 Å². The number of benzene rings is 1. The Bertz CT molecular complexity index is 880. The minimum atomic E-state index is -4.83. The SMILES string of the molecule is CC(C)C(NC(=N)N)C1(C(F)(F)F)c2cc(F)ccc2Nc2ncccc21. The molecule has 0 aliphatic carbocycles. The van der Waals surface area contributed by atoms with Crippen LogP contribution in [0.5, 0.6) is 0 Å². The van der Waals surface area contributed by atoms with Gasteiger partial charge in [0, 0.05) is 23.0 Å². The van der Waals surface area contributed by atoms with Gasteiger partial charge in [-0.1, -0.05) is 19.9 Å². The molecule has 27 heavy (non-hydrogen) atoms. The average molecular weight is 381 g/mol. The van der Waals surface area contributed by atoms with Crippen molar-refractivity contribution in [3.8, 4) is 0 Å². The standard InChI is InChI=1S/C18H19F4N5/c1-9(2)14(27-16(23)24)17(18(20,21)22)11-4-3-7-25-15(11)26-13-6-5-10(19)8-12(13)17/h3-9,14H,1-2H3,(H,25,26)(H4,23,24,27). The first-order valence-corrected chi connectivity index (χ1v) is 8.29. The molecule has 0 amide bonds. The van der Waals surface area contributed by atoms with E-state index in [4.69, 9.17) is 11.1 Å². The summed E-state index contributed by atoms with van der Waals surface area (Å²) in [5.41, 5.74) is 2.44. The van der Waals surface area contributed by atoms with Gasteiger partial charge in [0.05, 0.1) is 6.04 Å². The van der Waals surface area contributed by atoms with Crippen molar-refractivity contribution in [3.05, 3.63) is 53.5 Å². The first kappa shape index (κ1) is 18.9. The lowest BCUT2D eigenvalue weighted by Crippen LogP contribution is -2.63. The quantitative estimate of drug-likeness (QED) is 0.371. The van der Waals surface area contributed by atoms with Crippen LogP contribution >= 0.6 is 0 Å². The topological polar surface area (TPSA) is 86.8 Å². The van der Waals surface area contributed by atoms with Gasteiger partial charge in [-0.05, 0) is 30.2 Å². The minimum absolute atomic E-state index is 0.0323. The predicted molar refractivity (Wildman–Crippen MR) is 94.4 cm³/mol. The van der Waals surface area contributed by atoms with E-state index in [1.54, 1.807) is 13.8 Å². The van der Waals surface area contributed by atoms with Crippen LogP contribution in [0.2, 0.25) is 0 Å². The average Bonchev–Trinajstić information content (AvgIpc) is 2.56. The van der Waals surface area contributed by atoms with Crippen molar-refractivity contribution in [2.24, 2.45) is 11.7 Å². The van der Waals surface area contributed by atoms with Crippen LogP contribution in [-0.4, -0.2) is 23.2 Å². The van der Waals surface area contributed by atoms with Gasteiger partial charge in [0.1, 0.15) is 17.1 Å². The first-order chi connectivity index (χ1) is 12.6. The van der Waals surface area contributed by atoms with E-state index < -0.39 is 35.3 Å². The molecule has 5 N–H and O–H groups in total. The zero-order chi connectivity index (χ0) is 20.0. The van der Waals surface area contributed by atoms with E-state index in [0.29, 0.717) is 0 Å². The fourth-order valence-corrected chi connectivity index (χ4v) is 3.81. The van der Waals surface area contributed by atoms with Gasteiger partial charge in [-0.3, -0.25) is 5.41 Å². The second-order valence-electron chi connectivity index (χ2n) is 6.80. The molecule has 0 saturated carbocycles. The number of hydrogen-bond acceptors (Lipinski definition) is 3. The summed E-state index contributed by atoms with van der Waals surface area (Å²) in [5.74, 6) is -1.95. The highest BCUT2D eigenvalue weighted by atomic mass is 19.4. The third-order valence-corrected chi connectivity index (χ3v) is 4.78. The molecule has 1 aliphatic rings. The molecule has 0 radical (unpaired) electrons. The van der Waals surface area contributed by atoms with Crippen LogP contribution in [0.15, 0.2) is 36.5 Å². The molecule has 0 saturated heterocycles. The lowest BCUT2D eigenvalue weighted by atomic mass is 9.63. The minimum Gasteiger partial charge on any atom is -0.370 e. The Hall–Kier alpha value is -2.84. The number of fused-ring (bicyclic) bond motifs is 2. The summed E-state index contributed by atoms with van der Waals surface area (Å²) in [6.07, 6.45) is -3.45. The number of nitrogens with one attached hydrogen (secondary N) is 3. The summed E-state index contributed by atoms with van der Waals surface area (Å²) < 4.78 is 58.5. The highest BCUT2D eigenvalue weighted by molar-refractivity contribution is 5.78. The molecule has 2 atom stereocenters. The maximum absolute atomic E-state index is 14.8. The van der Waals surface area contributed by atoms with Crippen molar-refractivity contribution in [3.63, 3.8) is 0 Å². The molecule has 3 rings (SSSR count). The maximum atomic E-state index is 14.8. The Morgan fingerprint density at radius 3 is 2.56 bits per heavy atom. The monoisotopic (exact) mass is 381 g/mol. The summed E-state index contributed by atoms with van der Waals surface area (Å²) in [6.45, 7) is 3.18. The fraction of sp³-hybridized carbons (Fsp3) is 0.333. The van der Waals surface area contributed by atoms with Gasteiger partial charge in [0.2, 0.25) is 0 Å². The number of pyridine rings is 1. The van der Waals surface area contributed by atoms with E-state index in [0.717, 1.165) is 12.1 Å². The Labute approximate surface area is 153 Å². The molecule has 1 aromatic heterocycles. The molecule has 1 aromatic carbocycles. The Morgan fingerprint density at radius 2 is 1.96 bits per heavy atom. The summed E-state index contributed by atoms with van der Waals surface area (Å²) in [4.78, 5) is 4.05. The third-order valence-electron chi connectivity index (χ3n) is 4.78. The lowest BCUT2D eigenvalue weighted by molar-refractivity contribution is -0.188. The van der Waals surface area contributed by atoms with E-state index in [9.17, 15) is 17.6 Å². The normalized spacial score (nSPS) is 19.7. The Balaban J connectivity index is 2.45. The van der Waals surface area contributed by atoms with Crippen LogP contribution in [0.1, 0.15) is 25.0 Å². The van der Waals surface area contributed by atoms with Gasteiger partial charge in [0.25, 0.3) is 0 Å². The molecule has 144 valence electrons. The lowest BCUT2D eigenvalue weighted by Gasteiger charge is -2.48. The van der Waals surface area contributed by atoms with E-state index >= 15 is 0 Å². The number of anilines is 2. The molecule has 0 fully saturated rings. The highest BCUT2D eigenvalue weighted by Crippen LogP contribution is 2.56. The van der Waals surface area contributed by atoms with Crippen LogP contribution in [-0.2, 0) is 5.41 Å². The summed E-state index contributed by atoms with van der Waals surface area (Å²) in [7, 11) is 0. The molecular formula is C18H19F4N5. The molecule has 9 heteroatoms. The number of nitrogens with two attached hydrogens (primary N) is 1. The molecular weight excluding hydrogens is 362 g/mol. The summed E-state index contributed by atoms with van der Waals surface area (Å²) in [6, 6.07) is 4.57. The zero-order valence-corrected chi connectivity index (χ0v) is 14.7. The molecule has 2 aromatic rings. The van der Waals surface area contributed by atoms with Crippen LogP contribution in [0.25, 0.3) is 0 Å². The van der Waals surface area contributed by atoms with Crippen LogP contribution in [0.3, 0.4) is 0 Å². The van der Waals surface area contributed by atoms with Gasteiger partial charge in [0.15, 0.2) is 5.96 Å².